The largest absolute Gasteiger partial charge is 0.319 e. The summed E-state index contributed by atoms with van der Waals surface area (Å²) in [5, 5.41) is 3.30. The predicted octanol–water partition coefficient (Wildman–Crippen LogP) is 2.99. The lowest BCUT2D eigenvalue weighted by Crippen LogP contribution is -2.38. The molecule has 2 rings (SSSR count). The number of benzene rings is 1. The minimum atomic E-state index is 0.556. The van der Waals surface area contributed by atoms with Crippen LogP contribution in [0.2, 0.25) is 0 Å². The van der Waals surface area contributed by atoms with Crippen molar-refractivity contribution >= 4 is 0 Å². The Morgan fingerprint density at radius 1 is 1.33 bits per heavy atom. The summed E-state index contributed by atoms with van der Waals surface area (Å²) in [6.45, 7) is 8.16. The second kappa shape index (κ2) is 6.35. The fourth-order valence-corrected chi connectivity index (χ4v) is 2.97. The Bertz CT molecular complexity index is 367. The van der Waals surface area contributed by atoms with Gasteiger partial charge in [-0.3, -0.25) is 4.90 Å². The Hall–Kier alpha value is -0.860. The molecular formula is C16H26N2. The molecule has 0 aliphatic carbocycles. The van der Waals surface area contributed by atoms with Crippen LogP contribution < -0.4 is 5.32 Å². The number of piperidine rings is 1. The van der Waals surface area contributed by atoms with Crippen LogP contribution in [-0.4, -0.2) is 31.6 Å². The van der Waals surface area contributed by atoms with Crippen molar-refractivity contribution in [3.8, 4) is 0 Å². The Balaban J connectivity index is 1.93. The molecule has 0 saturated carbocycles. The van der Waals surface area contributed by atoms with Crippen LogP contribution in [0.3, 0.4) is 0 Å². The molecule has 1 aromatic carbocycles. The Kier molecular flexibility index (Phi) is 4.79. The molecule has 1 unspecified atom stereocenters. The van der Waals surface area contributed by atoms with Gasteiger partial charge in [0.2, 0.25) is 0 Å². The van der Waals surface area contributed by atoms with E-state index in [1.807, 2.05) is 0 Å². The lowest BCUT2D eigenvalue weighted by molar-refractivity contribution is 0.141. The molecule has 1 N–H and O–H groups in total. The van der Waals surface area contributed by atoms with E-state index < -0.39 is 0 Å². The second-order valence-electron chi connectivity index (χ2n) is 5.63. The van der Waals surface area contributed by atoms with E-state index in [-0.39, 0.29) is 0 Å². The van der Waals surface area contributed by atoms with Crippen LogP contribution in [0.1, 0.15) is 36.9 Å². The molecule has 0 bridgehead atoms. The van der Waals surface area contributed by atoms with E-state index in [1.165, 1.54) is 43.6 Å². The zero-order valence-electron chi connectivity index (χ0n) is 11.9. The molecule has 0 radical (unpaired) electrons. The predicted molar refractivity (Wildman–Crippen MR) is 77.8 cm³/mol. The lowest BCUT2D eigenvalue weighted by Gasteiger charge is -2.36. The first kappa shape index (κ1) is 13.6. The van der Waals surface area contributed by atoms with E-state index >= 15 is 0 Å². The third kappa shape index (κ3) is 3.33. The molecule has 2 heteroatoms. The molecule has 1 fully saturated rings. The number of nitrogens with zero attached hydrogens (tertiary/aromatic N) is 1. The van der Waals surface area contributed by atoms with E-state index in [2.05, 4.69) is 55.4 Å². The lowest BCUT2D eigenvalue weighted by atomic mass is 9.94. The van der Waals surface area contributed by atoms with E-state index in [0.29, 0.717) is 6.04 Å². The zero-order chi connectivity index (χ0) is 13.0. The molecule has 2 nitrogen and oxygen atoms in total. The normalized spacial score (nSPS) is 19.9. The molecule has 0 aromatic heterocycles. The van der Waals surface area contributed by atoms with Crippen molar-refractivity contribution in [1.29, 1.82) is 0 Å². The first-order valence-electron chi connectivity index (χ1n) is 7.16. The van der Waals surface area contributed by atoms with Crippen LogP contribution in [0.15, 0.2) is 24.3 Å². The van der Waals surface area contributed by atoms with Crippen LogP contribution >= 0.6 is 0 Å². The van der Waals surface area contributed by atoms with Crippen molar-refractivity contribution in [2.45, 2.75) is 32.7 Å². The number of likely N-dealkylation sites (tertiary alicyclic amines) is 1. The van der Waals surface area contributed by atoms with E-state index in [4.69, 9.17) is 0 Å². The maximum atomic E-state index is 3.30. The highest BCUT2D eigenvalue weighted by atomic mass is 15.2. The van der Waals surface area contributed by atoms with Gasteiger partial charge in [-0.15, -0.1) is 0 Å². The first-order chi connectivity index (χ1) is 8.70. The van der Waals surface area contributed by atoms with E-state index in [1.54, 1.807) is 0 Å². The standard InChI is InChI=1S/C16H26N2/c1-13-5-4-6-16(11-13)14(2)18-9-7-15(8-10-18)12-17-3/h4-6,11,14-15,17H,7-10,12H2,1-3H3. The third-order valence-corrected chi connectivity index (χ3v) is 4.21. The molecule has 1 aliphatic rings. The molecule has 1 heterocycles. The van der Waals surface area contributed by atoms with Crippen molar-refractivity contribution in [3.05, 3.63) is 35.4 Å². The Morgan fingerprint density at radius 3 is 2.67 bits per heavy atom. The zero-order valence-corrected chi connectivity index (χ0v) is 11.9. The maximum absolute atomic E-state index is 3.30. The van der Waals surface area contributed by atoms with Gasteiger partial charge in [-0.05, 0) is 64.9 Å². The van der Waals surface area contributed by atoms with Gasteiger partial charge in [0.25, 0.3) is 0 Å². The van der Waals surface area contributed by atoms with E-state index in [9.17, 15) is 0 Å². The molecule has 1 aromatic rings. The summed E-state index contributed by atoms with van der Waals surface area (Å²) in [5.41, 5.74) is 2.83. The summed E-state index contributed by atoms with van der Waals surface area (Å²) in [6.07, 6.45) is 2.66. The number of hydrogen-bond donors (Lipinski definition) is 1. The Labute approximate surface area is 111 Å². The minimum Gasteiger partial charge on any atom is -0.319 e. The SMILES string of the molecule is CNCC1CCN(C(C)c2cccc(C)c2)CC1. The van der Waals surface area contributed by atoms with Crippen LogP contribution in [0.25, 0.3) is 0 Å². The van der Waals surface area contributed by atoms with Gasteiger partial charge in [0.1, 0.15) is 0 Å². The van der Waals surface area contributed by atoms with Crippen molar-refractivity contribution in [3.63, 3.8) is 0 Å². The smallest absolute Gasteiger partial charge is 0.0319 e. The van der Waals surface area contributed by atoms with Gasteiger partial charge in [0.05, 0.1) is 0 Å². The highest BCUT2D eigenvalue weighted by Gasteiger charge is 2.22. The molecule has 0 amide bonds. The highest BCUT2D eigenvalue weighted by Crippen LogP contribution is 2.26. The Morgan fingerprint density at radius 2 is 2.06 bits per heavy atom. The third-order valence-electron chi connectivity index (χ3n) is 4.21. The van der Waals surface area contributed by atoms with Gasteiger partial charge >= 0.3 is 0 Å². The summed E-state index contributed by atoms with van der Waals surface area (Å²) >= 11 is 0. The van der Waals surface area contributed by atoms with Crippen molar-refractivity contribution in [1.82, 2.24) is 10.2 Å². The van der Waals surface area contributed by atoms with Gasteiger partial charge < -0.3 is 5.32 Å². The van der Waals surface area contributed by atoms with Gasteiger partial charge in [0, 0.05) is 6.04 Å². The summed E-state index contributed by atoms with van der Waals surface area (Å²) in [7, 11) is 2.06. The molecule has 100 valence electrons. The average molecular weight is 246 g/mol. The quantitative estimate of drug-likeness (QED) is 0.878. The molecule has 1 saturated heterocycles. The molecule has 0 spiro atoms. The van der Waals surface area contributed by atoms with Crippen LogP contribution in [0.4, 0.5) is 0 Å². The van der Waals surface area contributed by atoms with Crippen LogP contribution in [0, 0.1) is 12.8 Å². The second-order valence-corrected chi connectivity index (χ2v) is 5.63. The average Bonchev–Trinajstić information content (AvgIpc) is 2.39. The topological polar surface area (TPSA) is 15.3 Å². The van der Waals surface area contributed by atoms with Crippen LogP contribution in [0.5, 0.6) is 0 Å². The summed E-state index contributed by atoms with van der Waals surface area (Å²) in [4.78, 5) is 2.63. The summed E-state index contributed by atoms with van der Waals surface area (Å²) in [6, 6.07) is 9.49. The number of nitrogens with one attached hydrogen (secondary N) is 1. The monoisotopic (exact) mass is 246 g/mol. The minimum absolute atomic E-state index is 0.556. The summed E-state index contributed by atoms with van der Waals surface area (Å²) < 4.78 is 0. The summed E-state index contributed by atoms with van der Waals surface area (Å²) in [5.74, 6) is 0.871. The van der Waals surface area contributed by atoms with Crippen molar-refractivity contribution in [2.75, 3.05) is 26.7 Å². The first-order valence-corrected chi connectivity index (χ1v) is 7.16. The van der Waals surface area contributed by atoms with Gasteiger partial charge in [-0.1, -0.05) is 29.8 Å². The fraction of sp³-hybridized carbons (Fsp3) is 0.625. The number of rotatable bonds is 4. The fourth-order valence-electron chi connectivity index (χ4n) is 2.97. The van der Waals surface area contributed by atoms with Gasteiger partial charge in [-0.25, -0.2) is 0 Å². The maximum Gasteiger partial charge on any atom is 0.0319 e. The van der Waals surface area contributed by atoms with Gasteiger partial charge in [-0.2, -0.15) is 0 Å². The van der Waals surface area contributed by atoms with Gasteiger partial charge in [0.15, 0.2) is 0 Å². The molecule has 18 heavy (non-hydrogen) atoms. The van der Waals surface area contributed by atoms with Crippen LogP contribution in [-0.2, 0) is 0 Å². The molecule has 1 atom stereocenters. The number of hydrogen-bond acceptors (Lipinski definition) is 2. The van der Waals surface area contributed by atoms with Crippen molar-refractivity contribution in [2.24, 2.45) is 5.92 Å². The number of aryl methyl sites for hydroxylation is 1. The van der Waals surface area contributed by atoms with E-state index in [0.717, 1.165) is 5.92 Å². The molecular weight excluding hydrogens is 220 g/mol. The highest BCUT2D eigenvalue weighted by molar-refractivity contribution is 5.24. The van der Waals surface area contributed by atoms with Crippen molar-refractivity contribution < 1.29 is 0 Å². The molecule has 1 aliphatic heterocycles.